The van der Waals surface area contributed by atoms with Crippen molar-refractivity contribution < 1.29 is 9.59 Å². The molecule has 2 rings (SSSR count). The molecule has 0 unspecified atom stereocenters. The van der Waals surface area contributed by atoms with E-state index in [0.29, 0.717) is 23.7 Å². The summed E-state index contributed by atoms with van der Waals surface area (Å²) in [7, 11) is 3.89. The largest absolute Gasteiger partial charge is 0.378 e. The first-order valence-corrected chi connectivity index (χ1v) is 8.40. The average Bonchev–Trinajstić information content (AvgIpc) is 2.60. The van der Waals surface area contributed by atoms with Gasteiger partial charge in [0.25, 0.3) is 5.91 Å². The number of hydrogen-bond acceptors (Lipinski definition) is 3. The molecule has 0 fully saturated rings. The summed E-state index contributed by atoms with van der Waals surface area (Å²) in [5.41, 5.74) is 2.52. The van der Waals surface area contributed by atoms with E-state index in [9.17, 15) is 9.59 Å². The van der Waals surface area contributed by atoms with Gasteiger partial charge in [-0.25, -0.2) is 0 Å². The van der Waals surface area contributed by atoms with Crippen LogP contribution in [0.4, 0.5) is 5.69 Å². The fraction of sp³-hybridized carbons (Fsp3) is 0.263. The molecule has 0 radical (unpaired) electrons. The minimum Gasteiger partial charge on any atom is -0.378 e. The maximum absolute atomic E-state index is 12.0. The highest BCUT2D eigenvalue weighted by Crippen LogP contribution is 2.12. The van der Waals surface area contributed by atoms with E-state index in [1.54, 1.807) is 24.3 Å². The van der Waals surface area contributed by atoms with Crippen LogP contribution in [-0.4, -0.2) is 39.0 Å². The van der Waals surface area contributed by atoms with Crippen molar-refractivity contribution in [3.05, 3.63) is 64.7 Å². The number of carbonyl (C=O) groups excluding carboxylic acids is 2. The van der Waals surface area contributed by atoms with Crippen molar-refractivity contribution >= 4 is 29.1 Å². The number of hydrogen-bond donors (Lipinski definition) is 2. The zero-order chi connectivity index (χ0) is 18.2. The van der Waals surface area contributed by atoms with Crippen molar-refractivity contribution in [3.63, 3.8) is 0 Å². The SMILES string of the molecule is CN(C)c1ccc(C(=O)NCCNC(=O)Cc2ccc(Cl)cc2)cc1. The number of benzene rings is 2. The third kappa shape index (κ3) is 6.12. The highest BCUT2D eigenvalue weighted by Gasteiger charge is 2.06. The molecule has 0 bridgehead atoms. The van der Waals surface area contributed by atoms with Crippen LogP contribution in [0.5, 0.6) is 0 Å². The Hall–Kier alpha value is -2.53. The molecular weight excluding hydrogens is 338 g/mol. The van der Waals surface area contributed by atoms with Crippen molar-refractivity contribution in [2.24, 2.45) is 0 Å². The van der Waals surface area contributed by atoms with E-state index in [1.807, 2.05) is 43.3 Å². The van der Waals surface area contributed by atoms with E-state index < -0.39 is 0 Å². The Labute approximate surface area is 153 Å². The Balaban J connectivity index is 1.70. The summed E-state index contributed by atoms with van der Waals surface area (Å²) >= 11 is 5.81. The maximum atomic E-state index is 12.0. The predicted molar refractivity (Wildman–Crippen MR) is 101 cm³/mol. The first-order valence-electron chi connectivity index (χ1n) is 8.02. The molecule has 2 aromatic carbocycles. The molecule has 25 heavy (non-hydrogen) atoms. The molecule has 2 aromatic rings. The standard InChI is InChI=1S/C19H22ClN3O2/c1-23(2)17-9-5-15(6-10-17)19(25)22-12-11-21-18(24)13-14-3-7-16(20)8-4-14/h3-10H,11-13H2,1-2H3,(H,21,24)(H,22,25). The topological polar surface area (TPSA) is 61.4 Å². The summed E-state index contributed by atoms with van der Waals surface area (Å²) in [6.45, 7) is 0.758. The number of carbonyl (C=O) groups is 2. The lowest BCUT2D eigenvalue weighted by atomic mass is 10.1. The number of nitrogens with one attached hydrogen (secondary N) is 2. The van der Waals surface area contributed by atoms with E-state index >= 15 is 0 Å². The molecule has 0 aromatic heterocycles. The van der Waals surface area contributed by atoms with Gasteiger partial charge in [0.15, 0.2) is 0 Å². The monoisotopic (exact) mass is 359 g/mol. The molecule has 0 spiro atoms. The van der Waals surface area contributed by atoms with Crippen molar-refractivity contribution in [3.8, 4) is 0 Å². The van der Waals surface area contributed by atoms with Crippen LogP contribution in [0, 0.1) is 0 Å². The zero-order valence-corrected chi connectivity index (χ0v) is 15.1. The molecule has 0 saturated carbocycles. The summed E-state index contributed by atoms with van der Waals surface area (Å²) in [6, 6.07) is 14.5. The van der Waals surface area contributed by atoms with Crippen molar-refractivity contribution in [1.29, 1.82) is 0 Å². The summed E-state index contributed by atoms with van der Waals surface area (Å²) in [4.78, 5) is 25.9. The van der Waals surface area contributed by atoms with Gasteiger partial charge in [0.05, 0.1) is 6.42 Å². The quantitative estimate of drug-likeness (QED) is 0.747. The first kappa shape index (κ1) is 18.8. The minimum absolute atomic E-state index is 0.0908. The average molecular weight is 360 g/mol. The smallest absolute Gasteiger partial charge is 0.251 e. The van der Waals surface area contributed by atoms with Crippen molar-refractivity contribution in [2.75, 3.05) is 32.1 Å². The zero-order valence-electron chi connectivity index (χ0n) is 14.4. The molecular formula is C19H22ClN3O2. The lowest BCUT2D eigenvalue weighted by molar-refractivity contribution is -0.120. The van der Waals surface area contributed by atoms with Crippen LogP contribution in [-0.2, 0) is 11.2 Å². The maximum Gasteiger partial charge on any atom is 0.251 e. The third-order valence-corrected chi connectivity index (χ3v) is 3.91. The number of amides is 2. The molecule has 0 aliphatic heterocycles. The van der Waals surface area contributed by atoms with Gasteiger partial charge in [0, 0.05) is 43.5 Å². The fourth-order valence-corrected chi connectivity index (χ4v) is 2.37. The Morgan fingerprint density at radius 2 is 1.52 bits per heavy atom. The van der Waals surface area contributed by atoms with Gasteiger partial charge in [-0.1, -0.05) is 23.7 Å². The number of halogens is 1. The lowest BCUT2D eigenvalue weighted by Gasteiger charge is -2.12. The normalized spacial score (nSPS) is 10.2. The third-order valence-electron chi connectivity index (χ3n) is 3.66. The van der Waals surface area contributed by atoms with Gasteiger partial charge >= 0.3 is 0 Å². The molecule has 0 atom stereocenters. The summed E-state index contributed by atoms with van der Waals surface area (Å²) in [5.74, 6) is -0.246. The molecule has 132 valence electrons. The lowest BCUT2D eigenvalue weighted by Crippen LogP contribution is -2.35. The fourth-order valence-electron chi connectivity index (χ4n) is 2.24. The van der Waals surface area contributed by atoms with E-state index in [-0.39, 0.29) is 18.2 Å². The van der Waals surface area contributed by atoms with Crippen LogP contribution < -0.4 is 15.5 Å². The van der Waals surface area contributed by atoms with Crippen LogP contribution in [0.1, 0.15) is 15.9 Å². The van der Waals surface area contributed by atoms with Crippen LogP contribution in [0.25, 0.3) is 0 Å². The molecule has 5 nitrogen and oxygen atoms in total. The van der Waals surface area contributed by atoms with Crippen LogP contribution in [0.15, 0.2) is 48.5 Å². The number of rotatable bonds is 7. The van der Waals surface area contributed by atoms with Crippen molar-refractivity contribution in [1.82, 2.24) is 10.6 Å². The van der Waals surface area contributed by atoms with Gasteiger partial charge in [0.1, 0.15) is 0 Å². The van der Waals surface area contributed by atoms with Crippen LogP contribution in [0.2, 0.25) is 5.02 Å². The van der Waals surface area contributed by atoms with E-state index in [4.69, 9.17) is 11.6 Å². The van der Waals surface area contributed by atoms with Gasteiger partial charge in [-0.15, -0.1) is 0 Å². The second kappa shape index (κ2) is 9.08. The highest BCUT2D eigenvalue weighted by molar-refractivity contribution is 6.30. The molecule has 0 aliphatic carbocycles. The second-order valence-electron chi connectivity index (χ2n) is 5.85. The van der Waals surface area contributed by atoms with Gasteiger partial charge in [-0.2, -0.15) is 0 Å². The Morgan fingerprint density at radius 3 is 2.12 bits per heavy atom. The molecule has 2 amide bonds. The Bertz CT molecular complexity index is 712. The first-order chi connectivity index (χ1) is 12.0. The van der Waals surface area contributed by atoms with Gasteiger partial charge in [-0.3, -0.25) is 9.59 Å². The summed E-state index contributed by atoms with van der Waals surface area (Å²) in [6.07, 6.45) is 0.289. The number of anilines is 1. The molecule has 0 aliphatic rings. The number of nitrogens with zero attached hydrogens (tertiary/aromatic N) is 1. The van der Waals surface area contributed by atoms with Gasteiger partial charge in [-0.05, 0) is 42.0 Å². The Morgan fingerprint density at radius 1 is 0.920 bits per heavy atom. The minimum atomic E-state index is -0.155. The van der Waals surface area contributed by atoms with Crippen molar-refractivity contribution in [2.45, 2.75) is 6.42 Å². The highest BCUT2D eigenvalue weighted by atomic mass is 35.5. The molecule has 2 N–H and O–H groups in total. The molecule has 6 heteroatoms. The van der Waals surface area contributed by atoms with Gasteiger partial charge < -0.3 is 15.5 Å². The van der Waals surface area contributed by atoms with Crippen LogP contribution in [0.3, 0.4) is 0 Å². The van der Waals surface area contributed by atoms with E-state index in [0.717, 1.165) is 11.3 Å². The van der Waals surface area contributed by atoms with Gasteiger partial charge in [0.2, 0.25) is 5.91 Å². The second-order valence-corrected chi connectivity index (χ2v) is 6.29. The molecule has 0 saturated heterocycles. The molecule has 0 heterocycles. The summed E-state index contributed by atoms with van der Waals surface area (Å²) < 4.78 is 0. The Kier molecular flexibility index (Phi) is 6.83. The van der Waals surface area contributed by atoms with E-state index in [1.165, 1.54) is 0 Å². The van der Waals surface area contributed by atoms with E-state index in [2.05, 4.69) is 10.6 Å². The summed E-state index contributed by atoms with van der Waals surface area (Å²) in [5, 5.41) is 6.22. The van der Waals surface area contributed by atoms with Crippen LogP contribution >= 0.6 is 11.6 Å². The predicted octanol–water partition coefficient (Wildman–Crippen LogP) is 2.49.